The predicted molar refractivity (Wildman–Crippen MR) is 87.9 cm³/mol. The monoisotopic (exact) mass is 292 g/mol. The number of amidine groups is 1. The maximum absolute atomic E-state index is 8.78. The first kappa shape index (κ1) is 17.3. The van der Waals surface area contributed by atoms with Crippen LogP contribution in [0.3, 0.4) is 0 Å². The molecule has 0 unspecified atom stereocenters. The van der Waals surface area contributed by atoms with Crippen molar-refractivity contribution in [1.82, 2.24) is 4.98 Å². The number of nitrogens with two attached hydrogens (primary N) is 1. The number of oxime groups is 1. The van der Waals surface area contributed by atoms with Gasteiger partial charge in [-0.2, -0.15) is 0 Å². The molecule has 0 atom stereocenters. The Morgan fingerprint density at radius 2 is 1.81 bits per heavy atom. The van der Waals surface area contributed by atoms with Crippen LogP contribution in [0.2, 0.25) is 0 Å². The van der Waals surface area contributed by atoms with Gasteiger partial charge in [0.15, 0.2) is 5.84 Å². The van der Waals surface area contributed by atoms with Gasteiger partial charge >= 0.3 is 0 Å². The smallest absolute Gasteiger partial charge is 0.188 e. The summed E-state index contributed by atoms with van der Waals surface area (Å²) >= 11 is 0. The summed E-state index contributed by atoms with van der Waals surface area (Å²) in [6, 6.07) is 3.87. The molecule has 21 heavy (non-hydrogen) atoms. The van der Waals surface area contributed by atoms with Gasteiger partial charge < -0.3 is 15.8 Å². The van der Waals surface area contributed by atoms with Crippen molar-refractivity contribution >= 4 is 11.5 Å². The highest BCUT2D eigenvalue weighted by atomic mass is 16.4. The molecule has 5 nitrogen and oxygen atoms in total. The van der Waals surface area contributed by atoms with Gasteiger partial charge in [-0.25, -0.2) is 0 Å². The maximum Gasteiger partial charge on any atom is 0.188 e. The van der Waals surface area contributed by atoms with Gasteiger partial charge in [-0.1, -0.05) is 32.9 Å². The standard InChI is InChI=1S/C16H28N4O/c1-12(2)6-9-20(10-7-13(3)4)14-5-8-18-15(11-14)16(17)19-21/h5,8,11-13,21H,6-7,9-10H2,1-4H3,(H2,17,19). The first-order chi connectivity index (χ1) is 9.93. The minimum Gasteiger partial charge on any atom is -0.409 e. The van der Waals surface area contributed by atoms with Crippen LogP contribution in [0, 0.1) is 11.8 Å². The largest absolute Gasteiger partial charge is 0.409 e. The fourth-order valence-electron chi connectivity index (χ4n) is 2.01. The fraction of sp³-hybridized carbons (Fsp3) is 0.625. The van der Waals surface area contributed by atoms with Gasteiger partial charge in [0.25, 0.3) is 0 Å². The van der Waals surface area contributed by atoms with Gasteiger partial charge in [-0.3, -0.25) is 4.98 Å². The van der Waals surface area contributed by atoms with Gasteiger partial charge in [0.05, 0.1) is 0 Å². The summed E-state index contributed by atoms with van der Waals surface area (Å²) in [5.74, 6) is 1.37. The first-order valence-corrected chi connectivity index (χ1v) is 7.63. The Morgan fingerprint density at radius 3 is 2.29 bits per heavy atom. The molecule has 0 aliphatic heterocycles. The number of nitrogens with zero attached hydrogens (tertiary/aromatic N) is 3. The van der Waals surface area contributed by atoms with E-state index in [2.05, 4.69) is 42.7 Å². The van der Waals surface area contributed by atoms with Gasteiger partial charge in [-0.05, 0) is 36.8 Å². The molecular weight excluding hydrogens is 264 g/mol. The van der Waals surface area contributed by atoms with E-state index in [1.807, 2.05) is 12.1 Å². The van der Waals surface area contributed by atoms with Crippen LogP contribution in [0.15, 0.2) is 23.5 Å². The molecule has 0 saturated heterocycles. The molecule has 5 heteroatoms. The van der Waals surface area contributed by atoms with E-state index in [1.165, 1.54) is 0 Å². The highest BCUT2D eigenvalue weighted by molar-refractivity contribution is 5.95. The van der Waals surface area contributed by atoms with Crippen LogP contribution >= 0.6 is 0 Å². The summed E-state index contributed by atoms with van der Waals surface area (Å²) < 4.78 is 0. The number of pyridine rings is 1. The van der Waals surface area contributed by atoms with Crippen LogP contribution in [0.1, 0.15) is 46.2 Å². The van der Waals surface area contributed by atoms with Gasteiger partial charge in [0, 0.05) is 25.0 Å². The third kappa shape index (κ3) is 6.02. The van der Waals surface area contributed by atoms with Crippen molar-refractivity contribution in [2.75, 3.05) is 18.0 Å². The summed E-state index contributed by atoms with van der Waals surface area (Å²) in [4.78, 5) is 6.50. The van der Waals surface area contributed by atoms with Gasteiger partial charge in [-0.15, -0.1) is 0 Å². The molecule has 1 aromatic rings. The molecule has 1 aromatic heterocycles. The van der Waals surface area contributed by atoms with Gasteiger partial charge in [0.2, 0.25) is 0 Å². The van der Waals surface area contributed by atoms with E-state index in [1.54, 1.807) is 6.20 Å². The van der Waals surface area contributed by atoms with Crippen LogP contribution < -0.4 is 10.6 Å². The number of hydrogen-bond acceptors (Lipinski definition) is 4. The van der Waals surface area contributed by atoms with E-state index in [0.29, 0.717) is 17.5 Å². The second kappa shape index (κ2) is 8.49. The van der Waals surface area contributed by atoms with Crippen LogP contribution in [0.25, 0.3) is 0 Å². The third-order valence-electron chi connectivity index (χ3n) is 3.43. The molecule has 118 valence electrons. The van der Waals surface area contributed by atoms with Gasteiger partial charge in [0.1, 0.15) is 5.69 Å². The molecule has 0 bridgehead atoms. The Hall–Kier alpha value is -1.78. The Morgan fingerprint density at radius 1 is 1.24 bits per heavy atom. The molecule has 0 saturated carbocycles. The summed E-state index contributed by atoms with van der Waals surface area (Å²) in [7, 11) is 0. The first-order valence-electron chi connectivity index (χ1n) is 7.63. The van der Waals surface area contributed by atoms with E-state index in [4.69, 9.17) is 10.9 Å². The molecule has 0 fully saturated rings. The zero-order valence-electron chi connectivity index (χ0n) is 13.6. The summed E-state index contributed by atoms with van der Waals surface area (Å²) in [5, 5.41) is 11.8. The van der Waals surface area contributed by atoms with Crippen LogP contribution in [0.4, 0.5) is 5.69 Å². The SMILES string of the molecule is CC(C)CCN(CCC(C)C)c1ccnc(/C(N)=N/O)c1. The maximum atomic E-state index is 8.78. The minimum atomic E-state index is 0.0459. The predicted octanol–water partition coefficient (Wildman–Crippen LogP) is 3.07. The number of hydrogen-bond donors (Lipinski definition) is 2. The molecule has 0 aromatic carbocycles. The van der Waals surface area contributed by atoms with E-state index < -0.39 is 0 Å². The lowest BCUT2D eigenvalue weighted by Gasteiger charge is -2.26. The second-order valence-electron chi connectivity index (χ2n) is 6.24. The summed E-state index contributed by atoms with van der Waals surface area (Å²) in [6.45, 7) is 10.9. The summed E-state index contributed by atoms with van der Waals surface area (Å²) in [6.07, 6.45) is 3.99. The van der Waals surface area contributed by atoms with Crippen LogP contribution in [-0.4, -0.2) is 29.1 Å². The number of rotatable bonds is 8. The van der Waals surface area contributed by atoms with Crippen molar-refractivity contribution in [3.05, 3.63) is 24.0 Å². The zero-order chi connectivity index (χ0) is 15.8. The van der Waals surface area contributed by atoms with E-state index >= 15 is 0 Å². The average Bonchev–Trinajstić information content (AvgIpc) is 2.46. The molecule has 1 rings (SSSR count). The van der Waals surface area contributed by atoms with Crippen LogP contribution in [0.5, 0.6) is 0 Å². The van der Waals surface area contributed by atoms with Crippen molar-refractivity contribution in [2.45, 2.75) is 40.5 Å². The molecule has 0 amide bonds. The van der Waals surface area contributed by atoms with Crippen molar-refractivity contribution in [2.24, 2.45) is 22.7 Å². The minimum absolute atomic E-state index is 0.0459. The Kier molecular flexibility index (Phi) is 6.99. The lowest BCUT2D eigenvalue weighted by atomic mass is 10.1. The van der Waals surface area contributed by atoms with Crippen molar-refractivity contribution < 1.29 is 5.21 Å². The van der Waals surface area contributed by atoms with Crippen molar-refractivity contribution in [1.29, 1.82) is 0 Å². The molecule has 1 heterocycles. The molecule has 0 radical (unpaired) electrons. The zero-order valence-corrected chi connectivity index (χ0v) is 13.6. The highest BCUT2D eigenvalue weighted by Gasteiger charge is 2.11. The topological polar surface area (TPSA) is 74.7 Å². The number of anilines is 1. The second-order valence-corrected chi connectivity index (χ2v) is 6.24. The fourth-order valence-corrected chi connectivity index (χ4v) is 2.01. The lowest BCUT2D eigenvalue weighted by Crippen LogP contribution is -2.28. The lowest BCUT2D eigenvalue weighted by molar-refractivity contribution is 0.318. The van der Waals surface area contributed by atoms with E-state index in [0.717, 1.165) is 31.6 Å². The molecular formula is C16H28N4O. The van der Waals surface area contributed by atoms with Crippen LogP contribution in [-0.2, 0) is 0 Å². The molecule has 3 N–H and O–H groups in total. The Labute approximate surface area is 127 Å². The third-order valence-corrected chi connectivity index (χ3v) is 3.43. The number of aromatic nitrogens is 1. The molecule has 0 spiro atoms. The van der Waals surface area contributed by atoms with Crippen molar-refractivity contribution in [3.63, 3.8) is 0 Å². The van der Waals surface area contributed by atoms with E-state index in [-0.39, 0.29) is 5.84 Å². The summed E-state index contributed by atoms with van der Waals surface area (Å²) in [5.41, 5.74) is 7.21. The molecule has 0 aliphatic rings. The average molecular weight is 292 g/mol. The van der Waals surface area contributed by atoms with Crippen molar-refractivity contribution in [3.8, 4) is 0 Å². The Balaban J connectivity index is 2.90. The quantitative estimate of drug-likeness (QED) is 0.334. The molecule has 0 aliphatic carbocycles. The Bertz CT molecular complexity index is 445. The highest BCUT2D eigenvalue weighted by Crippen LogP contribution is 2.18. The normalized spacial score (nSPS) is 12.2. The van der Waals surface area contributed by atoms with E-state index in [9.17, 15) is 0 Å².